The number of nitrogens with one attached hydrogen (secondary N) is 1. The van der Waals surface area contributed by atoms with Crippen LogP contribution in [0.4, 0.5) is 0 Å². The minimum atomic E-state index is -0.294. The molecule has 5 nitrogen and oxygen atoms in total. The first-order chi connectivity index (χ1) is 6.65. The van der Waals surface area contributed by atoms with E-state index in [1.165, 1.54) is 11.9 Å². The highest BCUT2D eigenvalue weighted by atomic mass is 16.2. The van der Waals surface area contributed by atoms with Crippen molar-refractivity contribution in [1.82, 2.24) is 10.2 Å². The van der Waals surface area contributed by atoms with Crippen molar-refractivity contribution in [3.63, 3.8) is 0 Å². The van der Waals surface area contributed by atoms with Crippen LogP contribution in [0.3, 0.4) is 0 Å². The molecule has 0 bridgehead atoms. The third kappa shape index (κ3) is 4.45. The molecule has 0 aliphatic rings. The SMILES string of the molecule is CCCN(CC(=O)NC)C(=O)CC#N. The number of hydrogen-bond donors (Lipinski definition) is 1. The third-order valence-corrected chi connectivity index (χ3v) is 1.69. The Hall–Kier alpha value is -1.57. The van der Waals surface area contributed by atoms with Gasteiger partial charge >= 0.3 is 0 Å². The van der Waals surface area contributed by atoms with Crippen LogP contribution in [0.2, 0.25) is 0 Å². The van der Waals surface area contributed by atoms with Gasteiger partial charge < -0.3 is 10.2 Å². The highest BCUT2D eigenvalue weighted by Crippen LogP contribution is 1.95. The van der Waals surface area contributed by atoms with Crippen LogP contribution < -0.4 is 5.32 Å². The second-order valence-electron chi connectivity index (χ2n) is 2.82. The summed E-state index contributed by atoms with van der Waals surface area (Å²) >= 11 is 0. The van der Waals surface area contributed by atoms with Crippen molar-refractivity contribution in [1.29, 1.82) is 5.26 Å². The van der Waals surface area contributed by atoms with Crippen molar-refractivity contribution in [3.8, 4) is 6.07 Å². The number of nitrogens with zero attached hydrogens (tertiary/aromatic N) is 2. The van der Waals surface area contributed by atoms with Gasteiger partial charge in [0.15, 0.2) is 0 Å². The maximum Gasteiger partial charge on any atom is 0.239 e. The van der Waals surface area contributed by atoms with Gasteiger partial charge in [0.25, 0.3) is 0 Å². The lowest BCUT2D eigenvalue weighted by atomic mass is 10.3. The Kier molecular flexibility index (Phi) is 6.12. The molecule has 0 rings (SSSR count). The summed E-state index contributed by atoms with van der Waals surface area (Å²) < 4.78 is 0. The molecule has 0 atom stereocenters. The lowest BCUT2D eigenvalue weighted by molar-refractivity contribution is -0.135. The molecule has 0 saturated heterocycles. The second kappa shape index (κ2) is 6.89. The van der Waals surface area contributed by atoms with Gasteiger partial charge in [-0.15, -0.1) is 0 Å². The maximum atomic E-state index is 11.3. The van der Waals surface area contributed by atoms with Gasteiger partial charge in [0.2, 0.25) is 11.8 Å². The highest BCUT2D eigenvalue weighted by molar-refractivity contribution is 5.85. The molecule has 14 heavy (non-hydrogen) atoms. The lowest BCUT2D eigenvalue weighted by Gasteiger charge is -2.19. The predicted molar refractivity (Wildman–Crippen MR) is 51.2 cm³/mol. The lowest BCUT2D eigenvalue weighted by Crippen LogP contribution is -2.39. The van der Waals surface area contributed by atoms with Gasteiger partial charge in [-0.25, -0.2) is 0 Å². The Balaban J connectivity index is 4.21. The first kappa shape index (κ1) is 12.4. The summed E-state index contributed by atoms with van der Waals surface area (Å²) in [5.41, 5.74) is 0. The van der Waals surface area contributed by atoms with E-state index in [0.29, 0.717) is 6.54 Å². The first-order valence-electron chi connectivity index (χ1n) is 4.51. The molecule has 0 radical (unpaired) electrons. The van der Waals surface area contributed by atoms with E-state index in [-0.39, 0.29) is 24.8 Å². The molecule has 0 aromatic rings. The van der Waals surface area contributed by atoms with Crippen LogP contribution in [-0.2, 0) is 9.59 Å². The van der Waals surface area contributed by atoms with Crippen molar-refractivity contribution < 1.29 is 9.59 Å². The predicted octanol–water partition coefficient (Wildman–Crippen LogP) is -0.115. The summed E-state index contributed by atoms with van der Waals surface area (Å²) in [7, 11) is 1.52. The van der Waals surface area contributed by atoms with E-state index in [1.54, 1.807) is 6.07 Å². The summed E-state index contributed by atoms with van der Waals surface area (Å²) in [6, 6.07) is 1.77. The average Bonchev–Trinajstić information content (AvgIpc) is 2.17. The molecule has 1 N–H and O–H groups in total. The minimum Gasteiger partial charge on any atom is -0.358 e. The number of nitriles is 1. The zero-order valence-electron chi connectivity index (χ0n) is 8.54. The Morgan fingerprint density at radius 2 is 2.14 bits per heavy atom. The van der Waals surface area contributed by atoms with E-state index in [9.17, 15) is 9.59 Å². The molecule has 0 fully saturated rings. The van der Waals surface area contributed by atoms with Gasteiger partial charge in [0.1, 0.15) is 6.42 Å². The molecule has 5 heteroatoms. The van der Waals surface area contributed by atoms with Crippen LogP contribution in [0.15, 0.2) is 0 Å². The molecular weight excluding hydrogens is 182 g/mol. The highest BCUT2D eigenvalue weighted by Gasteiger charge is 2.14. The average molecular weight is 197 g/mol. The summed E-state index contributed by atoms with van der Waals surface area (Å²) in [5.74, 6) is -0.511. The first-order valence-corrected chi connectivity index (χ1v) is 4.51. The molecule has 0 aromatic heterocycles. The normalized spacial score (nSPS) is 8.93. The quantitative estimate of drug-likeness (QED) is 0.668. The number of rotatable bonds is 5. The van der Waals surface area contributed by atoms with Crippen LogP contribution in [0.25, 0.3) is 0 Å². The fourth-order valence-corrected chi connectivity index (χ4v) is 0.994. The fraction of sp³-hybridized carbons (Fsp3) is 0.667. The molecule has 2 amide bonds. The van der Waals surface area contributed by atoms with Gasteiger partial charge in [-0.2, -0.15) is 5.26 Å². The smallest absolute Gasteiger partial charge is 0.239 e. The summed E-state index contributed by atoms with van der Waals surface area (Å²) in [6.07, 6.45) is 0.602. The van der Waals surface area contributed by atoms with Gasteiger partial charge in [-0.1, -0.05) is 6.92 Å². The van der Waals surface area contributed by atoms with E-state index >= 15 is 0 Å². The third-order valence-electron chi connectivity index (χ3n) is 1.69. The molecule has 0 unspecified atom stereocenters. The molecule has 78 valence electrons. The molecule has 0 aliphatic carbocycles. The van der Waals surface area contributed by atoms with Crippen molar-refractivity contribution in [2.45, 2.75) is 19.8 Å². The number of hydrogen-bond acceptors (Lipinski definition) is 3. The van der Waals surface area contributed by atoms with Gasteiger partial charge in [-0.05, 0) is 6.42 Å². The number of carbonyl (C=O) groups is 2. The molecule has 0 aliphatic heterocycles. The van der Waals surface area contributed by atoms with E-state index in [1.807, 2.05) is 6.92 Å². The molecule has 0 spiro atoms. The van der Waals surface area contributed by atoms with E-state index < -0.39 is 0 Å². The number of carbonyl (C=O) groups excluding carboxylic acids is 2. The summed E-state index contributed by atoms with van der Waals surface area (Å²) in [6.45, 7) is 2.45. The van der Waals surface area contributed by atoms with Crippen molar-refractivity contribution in [2.75, 3.05) is 20.1 Å². The van der Waals surface area contributed by atoms with Gasteiger partial charge in [0, 0.05) is 13.6 Å². The number of likely N-dealkylation sites (N-methyl/N-ethyl adjacent to an activating group) is 1. The fourth-order valence-electron chi connectivity index (χ4n) is 0.994. The monoisotopic (exact) mass is 197 g/mol. The molecule has 0 heterocycles. The second-order valence-corrected chi connectivity index (χ2v) is 2.82. The van der Waals surface area contributed by atoms with Crippen LogP contribution in [0, 0.1) is 11.3 Å². The van der Waals surface area contributed by atoms with E-state index in [2.05, 4.69) is 5.32 Å². The van der Waals surface area contributed by atoms with E-state index in [4.69, 9.17) is 5.26 Å². The largest absolute Gasteiger partial charge is 0.358 e. The zero-order valence-corrected chi connectivity index (χ0v) is 8.54. The van der Waals surface area contributed by atoms with Crippen molar-refractivity contribution >= 4 is 11.8 Å². The Morgan fingerprint density at radius 3 is 2.57 bits per heavy atom. The molecule has 0 saturated carbocycles. The Morgan fingerprint density at radius 1 is 1.50 bits per heavy atom. The van der Waals surface area contributed by atoms with E-state index in [0.717, 1.165) is 6.42 Å². The molecule has 0 aromatic carbocycles. The van der Waals surface area contributed by atoms with Crippen molar-refractivity contribution in [2.24, 2.45) is 0 Å². The van der Waals surface area contributed by atoms with Gasteiger partial charge in [0.05, 0.1) is 12.6 Å². The Labute approximate surface area is 83.7 Å². The Bertz CT molecular complexity index is 245. The van der Waals surface area contributed by atoms with Crippen molar-refractivity contribution in [3.05, 3.63) is 0 Å². The topological polar surface area (TPSA) is 73.2 Å². The van der Waals surface area contributed by atoms with Gasteiger partial charge in [-0.3, -0.25) is 9.59 Å². The summed E-state index contributed by atoms with van der Waals surface area (Å²) in [5, 5.41) is 10.8. The summed E-state index contributed by atoms with van der Waals surface area (Å²) in [4.78, 5) is 23.7. The van der Waals surface area contributed by atoms with Crippen LogP contribution >= 0.6 is 0 Å². The standard InChI is InChI=1S/C9H15N3O2/c1-3-6-12(7-8(13)11-2)9(14)4-5-10/h3-4,6-7H2,1-2H3,(H,11,13). The number of amides is 2. The van der Waals surface area contributed by atoms with Crippen LogP contribution in [0.5, 0.6) is 0 Å². The maximum absolute atomic E-state index is 11.3. The zero-order chi connectivity index (χ0) is 11.0. The van der Waals surface area contributed by atoms with Crippen LogP contribution in [-0.4, -0.2) is 36.9 Å². The molecular formula is C9H15N3O2. The van der Waals surface area contributed by atoms with Crippen LogP contribution in [0.1, 0.15) is 19.8 Å². The minimum absolute atomic E-state index is 0.0326.